The van der Waals surface area contributed by atoms with Crippen molar-refractivity contribution < 1.29 is 22.7 Å². The summed E-state index contributed by atoms with van der Waals surface area (Å²) in [6.45, 7) is 1.89. The SMILES string of the molecule is O=C(Nc1ccc2c(c1)OCCCO2)C1CCN(S(=O)(=O)c2ccc3c(c2)CCC3)CC1. The maximum atomic E-state index is 13.1. The van der Waals surface area contributed by atoms with E-state index >= 15 is 0 Å². The summed E-state index contributed by atoms with van der Waals surface area (Å²) in [5.74, 6) is 1.01. The lowest BCUT2D eigenvalue weighted by atomic mass is 9.97. The van der Waals surface area contributed by atoms with Crippen LogP contribution in [0.1, 0.15) is 36.8 Å². The average molecular weight is 457 g/mol. The minimum absolute atomic E-state index is 0.0888. The molecule has 8 heteroatoms. The third kappa shape index (κ3) is 4.21. The van der Waals surface area contributed by atoms with E-state index in [1.165, 1.54) is 9.87 Å². The Morgan fingerprint density at radius 2 is 1.66 bits per heavy atom. The van der Waals surface area contributed by atoms with Crippen molar-refractivity contribution in [3.05, 3.63) is 47.5 Å². The summed E-state index contributed by atoms with van der Waals surface area (Å²) in [5.41, 5.74) is 3.07. The van der Waals surface area contributed by atoms with Gasteiger partial charge < -0.3 is 14.8 Å². The van der Waals surface area contributed by atoms with Crippen molar-refractivity contribution in [3.8, 4) is 11.5 Å². The minimum Gasteiger partial charge on any atom is -0.490 e. The Bertz CT molecular complexity index is 1120. The zero-order valence-electron chi connectivity index (χ0n) is 18.0. The van der Waals surface area contributed by atoms with E-state index in [4.69, 9.17) is 9.47 Å². The van der Waals surface area contributed by atoms with E-state index in [0.717, 1.165) is 31.2 Å². The standard InChI is InChI=1S/C24H28N2O5S/c27-24(25-20-6-8-22-23(16-20)31-14-2-13-30-22)18-9-11-26(12-10-18)32(28,29)21-7-5-17-3-1-4-19(17)15-21/h5-8,15-16,18H,1-4,9-14H2,(H,25,27). The molecule has 7 nitrogen and oxygen atoms in total. The van der Waals surface area contributed by atoms with Crippen LogP contribution in [-0.2, 0) is 27.7 Å². The van der Waals surface area contributed by atoms with Gasteiger partial charge in [-0.25, -0.2) is 8.42 Å². The molecule has 2 aromatic rings. The number of aryl methyl sites for hydroxylation is 2. The van der Waals surface area contributed by atoms with Gasteiger partial charge in [-0.3, -0.25) is 4.79 Å². The molecular formula is C24H28N2O5S. The Morgan fingerprint density at radius 1 is 0.906 bits per heavy atom. The highest BCUT2D eigenvalue weighted by Crippen LogP contribution is 2.33. The van der Waals surface area contributed by atoms with Gasteiger partial charge in [0.05, 0.1) is 18.1 Å². The second-order valence-corrected chi connectivity index (χ2v) is 10.6. The highest BCUT2D eigenvalue weighted by molar-refractivity contribution is 7.89. The lowest BCUT2D eigenvalue weighted by Crippen LogP contribution is -2.41. The number of benzene rings is 2. The zero-order chi connectivity index (χ0) is 22.1. The number of carbonyl (C=O) groups excluding carboxylic acids is 1. The molecule has 0 atom stereocenters. The third-order valence-corrected chi connectivity index (χ3v) is 8.44. The first kappa shape index (κ1) is 21.3. The molecule has 0 radical (unpaired) electrons. The second kappa shape index (κ2) is 8.75. The van der Waals surface area contributed by atoms with Crippen molar-refractivity contribution >= 4 is 21.6 Å². The van der Waals surface area contributed by atoms with E-state index in [1.54, 1.807) is 18.2 Å². The van der Waals surface area contributed by atoms with Gasteiger partial charge in [0, 0.05) is 37.2 Å². The maximum absolute atomic E-state index is 13.1. The number of nitrogens with one attached hydrogen (secondary N) is 1. The van der Waals surface area contributed by atoms with Gasteiger partial charge in [0.15, 0.2) is 11.5 Å². The van der Waals surface area contributed by atoms with Crippen LogP contribution in [0.15, 0.2) is 41.3 Å². The summed E-state index contributed by atoms with van der Waals surface area (Å²) in [6.07, 6.45) is 4.88. The first-order valence-electron chi connectivity index (χ1n) is 11.3. The quantitative estimate of drug-likeness (QED) is 0.763. The smallest absolute Gasteiger partial charge is 0.243 e. The summed E-state index contributed by atoms with van der Waals surface area (Å²) >= 11 is 0. The normalized spacial score (nSPS) is 19.2. The number of ether oxygens (including phenoxy) is 2. The third-order valence-electron chi connectivity index (χ3n) is 6.55. The average Bonchev–Trinajstić information content (AvgIpc) is 3.16. The molecule has 0 bridgehead atoms. The van der Waals surface area contributed by atoms with Gasteiger partial charge in [0.2, 0.25) is 15.9 Å². The molecule has 2 aliphatic heterocycles. The molecule has 32 heavy (non-hydrogen) atoms. The number of fused-ring (bicyclic) bond motifs is 2. The van der Waals surface area contributed by atoms with Crippen LogP contribution < -0.4 is 14.8 Å². The van der Waals surface area contributed by atoms with Gasteiger partial charge in [0.25, 0.3) is 0 Å². The number of amides is 1. The van der Waals surface area contributed by atoms with Crippen LogP contribution in [-0.4, -0.2) is 44.9 Å². The minimum atomic E-state index is -3.53. The van der Waals surface area contributed by atoms with Crippen molar-refractivity contribution in [2.24, 2.45) is 5.92 Å². The number of hydrogen-bond acceptors (Lipinski definition) is 5. The van der Waals surface area contributed by atoms with Crippen molar-refractivity contribution in [1.82, 2.24) is 4.31 Å². The molecule has 1 aliphatic carbocycles. The van der Waals surface area contributed by atoms with Crippen LogP contribution in [0.4, 0.5) is 5.69 Å². The van der Waals surface area contributed by atoms with E-state index in [0.29, 0.717) is 61.2 Å². The molecule has 0 spiro atoms. The number of carbonyl (C=O) groups is 1. The molecule has 5 rings (SSSR count). The molecule has 0 saturated carbocycles. The fraction of sp³-hybridized carbons (Fsp3) is 0.458. The predicted molar refractivity (Wildman–Crippen MR) is 121 cm³/mol. The van der Waals surface area contributed by atoms with Crippen LogP contribution in [0.3, 0.4) is 0 Å². The maximum Gasteiger partial charge on any atom is 0.243 e. The number of rotatable bonds is 4. The van der Waals surface area contributed by atoms with Crippen molar-refractivity contribution in [1.29, 1.82) is 0 Å². The van der Waals surface area contributed by atoms with Gasteiger partial charge in [-0.2, -0.15) is 4.31 Å². The number of piperidine rings is 1. The highest BCUT2D eigenvalue weighted by Gasteiger charge is 2.32. The van der Waals surface area contributed by atoms with E-state index in [1.807, 2.05) is 18.2 Å². The number of anilines is 1. The van der Waals surface area contributed by atoms with Gasteiger partial charge in [0.1, 0.15) is 0 Å². The van der Waals surface area contributed by atoms with Gasteiger partial charge >= 0.3 is 0 Å². The summed E-state index contributed by atoms with van der Waals surface area (Å²) in [7, 11) is -3.53. The number of nitrogens with zero attached hydrogens (tertiary/aromatic N) is 1. The van der Waals surface area contributed by atoms with Crippen LogP contribution in [0.2, 0.25) is 0 Å². The first-order valence-corrected chi connectivity index (χ1v) is 12.8. The molecular weight excluding hydrogens is 428 g/mol. The predicted octanol–water partition coefficient (Wildman–Crippen LogP) is 3.38. The number of hydrogen-bond donors (Lipinski definition) is 1. The Balaban J connectivity index is 1.21. The van der Waals surface area contributed by atoms with E-state index in [9.17, 15) is 13.2 Å². The molecule has 1 N–H and O–H groups in total. The summed E-state index contributed by atoms with van der Waals surface area (Å²) in [6, 6.07) is 10.9. The van der Waals surface area contributed by atoms with Crippen molar-refractivity contribution in [2.75, 3.05) is 31.6 Å². The molecule has 1 saturated heterocycles. The molecule has 1 fully saturated rings. The first-order chi connectivity index (χ1) is 15.5. The molecule has 3 aliphatic rings. The zero-order valence-corrected chi connectivity index (χ0v) is 18.8. The van der Waals surface area contributed by atoms with E-state index < -0.39 is 10.0 Å². The monoisotopic (exact) mass is 456 g/mol. The van der Waals surface area contributed by atoms with Crippen LogP contribution in [0.5, 0.6) is 11.5 Å². The van der Waals surface area contributed by atoms with Gasteiger partial charge in [-0.05, 0) is 67.5 Å². The molecule has 2 aromatic carbocycles. The Hall–Kier alpha value is -2.58. The van der Waals surface area contributed by atoms with Gasteiger partial charge in [-0.1, -0.05) is 6.07 Å². The van der Waals surface area contributed by atoms with Crippen molar-refractivity contribution in [2.45, 2.75) is 43.4 Å². The molecule has 2 heterocycles. The molecule has 170 valence electrons. The van der Waals surface area contributed by atoms with Gasteiger partial charge in [-0.15, -0.1) is 0 Å². The molecule has 1 amide bonds. The van der Waals surface area contributed by atoms with E-state index in [-0.39, 0.29) is 11.8 Å². The van der Waals surface area contributed by atoms with Crippen LogP contribution in [0, 0.1) is 5.92 Å². The Morgan fingerprint density at radius 3 is 2.47 bits per heavy atom. The topological polar surface area (TPSA) is 84.9 Å². The Kier molecular flexibility index (Phi) is 5.82. The van der Waals surface area contributed by atoms with Crippen LogP contribution >= 0.6 is 0 Å². The Labute approximate surface area is 188 Å². The summed E-state index contributed by atoms with van der Waals surface area (Å²) in [5, 5.41) is 2.95. The fourth-order valence-electron chi connectivity index (χ4n) is 4.70. The summed E-state index contributed by atoms with van der Waals surface area (Å²) in [4.78, 5) is 13.2. The molecule has 0 unspecified atom stereocenters. The molecule has 0 aromatic heterocycles. The lowest BCUT2D eigenvalue weighted by Gasteiger charge is -2.30. The second-order valence-electron chi connectivity index (χ2n) is 8.66. The highest BCUT2D eigenvalue weighted by atomic mass is 32.2. The number of sulfonamides is 1. The fourth-order valence-corrected chi connectivity index (χ4v) is 6.22. The van der Waals surface area contributed by atoms with Crippen LogP contribution in [0.25, 0.3) is 0 Å². The lowest BCUT2D eigenvalue weighted by molar-refractivity contribution is -0.120. The van der Waals surface area contributed by atoms with E-state index in [2.05, 4.69) is 5.32 Å². The summed E-state index contributed by atoms with van der Waals surface area (Å²) < 4.78 is 39.1. The largest absolute Gasteiger partial charge is 0.490 e. The van der Waals surface area contributed by atoms with Crippen molar-refractivity contribution in [3.63, 3.8) is 0 Å².